The van der Waals surface area contributed by atoms with Crippen LogP contribution in [0.5, 0.6) is 0 Å². The lowest BCUT2D eigenvalue weighted by molar-refractivity contribution is 0.265. The number of hydrogen-bond donors (Lipinski definition) is 2. The Morgan fingerprint density at radius 1 is 1.42 bits per heavy atom. The number of aliphatic hydroxyl groups excluding tert-OH is 1. The second-order valence-corrected chi connectivity index (χ2v) is 1.92. The molecule has 70 valence electrons. The van der Waals surface area contributed by atoms with Gasteiger partial charge in [-0.2, -0.15) is 0 Å². The van der Waals surface area contributed by atoms with E-state index in [0.717, 1.165) is 0 Å². The quantitative estimate of drug-likeness (QED) is 0.740. The Kier molecular flexibility index (Phi) is 8.52. The second-order valence-electron chi connectivity index (χ2n) is 1.92. The van der Waals surface area contributed by atoms with Gasteiger partial charge in [-0.1, -0.05) is 0 Å². The third-order valence-electron chi connectivity index (χ3n) is 1.16. The van der Waals surface area contributed by atoms with Gasteiger partial charge in [0.2, 0.25) is 0 Å². The zero-order valence-electron chi connectivity index (χ0n) is 6.25. The summed E-state index contributed by atoms with van der Waals surface area (Å²) in [6.07, 6.45) is 4.65. The lowest BCUT2D eigenvalue weighted by Crippen LogP contribution is -2.15. The van der Waals surface area contributed by atoms with Crippen molar-refractivity contribution in [1.29, 1.82) is 0 Å². The van der Waals surface area contributed by atoms with Crippen LogP contribution < -0.4 is 5.73 Å². The highest BCUT2D eigenvalue weighted by atomic mass is 35.5. The molecule has 0 saturated carbocycles. The van der Waals surface area contributed by atoms with Crippen LogP contribution in [0.2, 0.25) is 0 Å². The Balaban J connectivity index is 0. The average molecular weight is 212 g/mol. The molecule has 1 atom stereocenters. The number of nitrogens with zero attached hydrogens (tertiary/aromatic N) is 2. The summed E-state index contributed by atoms with van der Waals surface area (Å²) in [5, 5.41) is 8.60. The molecule has 0 aromatic carbocycles. The third-order valence-corrected chi connectivity index (χ3v) is 1.16. The van der Waals surface area contributed by atoms with Crippen LogP contribution in [0.15, 0.2) is 18.6 Å². The van der Waals surface area contributed by atoms with Gasteiger partial charge in [0, 0.05) is 12.4 Å². The summed E-state index contributed by atoms with van der Waals surface area (Å²) in [5.41, 5.74) is 6.06. The van der Waals surface area contributed by atoms with Crippen LogP contribution in [0.1, 0.15) is 11.7 Å². The number of halogens is 2. The molecule has 1 rings (SSSR count). The average Bonchev–Trinajstić information content (AvgIpc) is 2.05. The molecule has 1 aromatic heterocycles. The Morgan fingerprint density at radius 3 is 2.50 bits per heavy atom. The van der Waals surface area contributed by atoms with E-state index in [1.165, 1.54) is 0 Å². The van der Waals surface area contributed by atoms with Crippen LogP contribution in [0.25, 0.3) is 0 Å². The lowest BCUT2D eigenvalue weighted by Gasteiger charge is -2.04. The minimum atomic E-state index is -0.409. The molecular weight excluding hydrogens is 201 g/mol. The summed E-state index contributed by atoms with van der Waals surface area (Å²) in [7, 11) is 0. The van der Waals surface area contributed by atoms with Gasteiger partial charge in [-0.25, -0.2) is 0 Å². The molecule has 0 aliphatic heterocycles. The molecule has 1 heterocycles. The standard InChI is InChI=1S/C6H9N3O.2ClH/c7-5(4-10)6-3-8-1-2-9-6;;/h1-3,5,10H,4,7H2;2*1H/t5-;;/m0../s1. The van der Waals surface area contributed by atoms with Crippen LogP contribution in [0, 0.1) is 0 Å². The fourth-order valence-electron chi connectivity index (χ4n) is 0.596. The third kappa shape index (κ3) is 3.82. The highest BCUT2D eigenvalue weighted by Crippen LogP contribution is 2.01. The van der Waals surface area contributed by atoms with E-state index in [1.54, 1.807) is 18.6 Å². The number of hydrogen-bond acceptors (Lipinski definition) is 4. The van der Waals surface area contributed by atoms with Crippen molar-refractivity contribution in [3.8, 4) is 0 Å². The first-order valence-electron chi connectivity index (χ1n) is 2.97. The van der Waals surface area contributed by atoms with Crippen molar-refractivity contribution >= 4 is 24.8 Å². The van der Waals surface area contributed by atoms with Crippen molar-refractivity contribution in [3.63, 3.8) is 0 Å². The first-order chi connectivity index (χ1) is 4.84. The number of aliphatic hydroxyl groups is 1. The molecule has 0 spiro atoms. The molecule has 6 heteroatoms. The molecule has 0 aliphatic rings. The van der Waals surface area contributed by atoms with E-state index in [1.807, 2.05) is 0 Å². The van der Waals surface area contributed by atoms with Crippen molar-refractivity contribution < 1.29 is 5.11 Å². The van der Waals surface area contributed by atoms with Crippen LogP contribution in [0.3, 0.4) is 0 Å². The first-order valence-corrected chi connectivity index (χ1v) is 2.97. The van der Waals surface area contributed by atoms with E-state index >= 15 is 0 Å². The SMILES string of the molecule is Cl.Cl.N[C@@H](CO)c1cnccn1. The fourth-order valence-corrected chi connectivity index (χ4v) is 0.596. The topological polar surface area (TPSA) is 72.0 Å². The van der Waals surface area contributed by atoms with Crippen molar-refractivity contribution in [1.82, 2.24) is 9.97 Å². The molecule has 0 bridgehead atoms. The summed E-state index contributed by atoms with van der Waals surface area (Å²) in [6, 6.07) is -0.409. The van der Waals surface area contributed by atoms with Gasteiger partial charge in [-0.15, -0.1) is 24.8 Å². The molecule has 0 saturated heterocycles. The highest BCUT2D eigenvalue weighted by molar-refractivity contribution is 5.85. The molecular formula is C6H11Cl2N3O. The van der Waals surface area contributed by atoms with Gasteiger partial charge >= 0.3 is 0 Å². The smallest absolute Gasteiger partial charge is 0.0777 e. The maximum atomic E-state index is 8.60. The second kappa shape index (κ2) is 7.24. The number of aromatic nitrogens is 2. The summed E-state index contributed by atoms with van der Waals surface area (Å²) >= 11 is 0. The predicted molar refractivity (Wildman–Crippen MR) is 50.5 cm³/mol. The van der Waals surface area contributed by atoms with Gasteiger partial charge in [0.1, 0.15) is 0 Å². The van der Waals surface area contributed by atoms with Gasteiger partial charge in [0.25, 0.3) is 0 Å². The predicted octanol–water partition coefficient (Wildman–Crippen LogP) is 0.312. The highest BCUT2D eigenvalue weighted by Gasteiger charge is 2.03. The number of rotatable bonds is 2. The Morgan fingerprint density at radius 2 is 2.08 bits per heavy atom. The zero-order valence-corrected chi connectivity index (χ0v) is 7.88. The van der Waals surface area contributed by atoms with E-state index < -0.39 is 6.04 Å². The molecule has 3 N–H and O–H groups in total. The van der Waals surface area contributed by atoms with Crippen molar-refractivity contribution in [3.05, 3.63) is 24.3 Å². The van der Waals surface area contributed by atoms with Crippen molar-refractivity contribution in [2.45, 2.75) is 6.04 Å². The molecule has 0 aliphatic carbocycles. The van der Waals surface area contributed by atoms with E-state index in [2.05, 4.69) is 9.97 Å². The maximum Gasteiger partial charge on any atom is 0.0777 e. The minimum Gasteiger partial charge on any atom is -0.394 e. The van der Waals surface area contributed by atoms with E-state index in [4.69, 9.17) is 10.8 Å². The van der Waals surface area contributed by atoms with Gasteiger partial charge < -0.3 is 10.8 Å². The Hall–Kier alpha value is -0.420. The summed E-state index contributed by atoms with van der Waals surface area (Å²) in [6.45, 7) is -0.0985. The van der Waals surface area contributed by atoms with Gasteiger partial charge in [-0.05, 0) is 0 Å². The molecule has 12 heavy (non-hydrogen) atoms. The Bertz CT molecular complexity index is 197. The maximum absolute atomic E-state index is 8.60. The molecule has 0 unspecified atom stereocenters. The molecule has 4 nitrogen and oxygen atoms in total. The van der Waals surface area contributed by atoms with Crippen LogP contribution in [-0.4, -0.2) is 21.7 Å². The summed E-state index contributed by atoms with van der Waals surface area (Å²) in [5.74, 6) is 0. The van der Waals surface area contributed by atoms with Crippen LogP contribution in [0.4, 0.5) is 0 Å². The van der Waals surface area contributed by atoms with Gasteiger partial charge in [-0.3, -0.25) is 9.97 Å². The molecule has 0 fully saturated rings. The minimum absolute atomic E-state index is 0. The monoisotopic (exact) mass is 211 g/mol. The van der Waals surface area contributed by atoms with Gasteiger partial charge in [0.05, 0.1) is 24.5 Å². The fraction of sp³-hybridized carbons (Fsp3) is 0.333. The van der Waals surface area contributed by atoms with Gasteiger partial charge in [0.15, 0.2) is 0 Å². The zero-order chi connectivity index (χ0) is 7.40. The van der Waals surface area contributed by atoms with Crippen LogP contribution in [-0.2, 0) is 0 Å². The summed E-state index contributed by atoms with van der Waals surface area (Å²) in [4.78, 5) is 7.70. The summed E-state index contributed by atoms with van der Waals surface area (Å²) < 4.78 is 0. The van der Waals surface area contributed by atoms with Crippen molar-refractivity contribution in [2.24, 2.45) is 5.73 Å². The van der Waals surface area contributed by atoms with Crippen molar-refractivity contribution in [2.75, 3.05) is 6.61 Å². The largest absolute Gasteiger partial charge is 0.394 e. The van der Waals surface area contributed by atoms with E-state index in [9.17, 15) is 0 Å². The lowest BCUT2D eigenvalue weighted by atomic mass is 10.2. The molecule has 1 aromatic rings. The normalized spacial score (nSPS) is 10.8. The number of nitrogens with two attached hydrogens (primary N) is 1. The van der Waals surface area contributed by atoms with E-state index in [0.29, 0.717) is 5.69 Å². The van der Waals surface area contributed by atoms with E-state index in [-0.39, 0.29) is 31.4 Å². The molecule has 0 amide bonds. The first kappa shape index (κ1) is 14.1. The molecule has 0 radical (unpaired) electrons. The van der Waals surface area contributed by atoms with Crippen LogP contribution >= 0.6 is 24.8 Å². The Labute approximate surface area is 83.0 Å².